The lowest BCUT2D eigenvalue weighted by atomic mass is 10.2. The van der Waals surface area contributed by atoms with Crippen LogP contribution >= 0.6 is 34.5 Å². The predicted octanol–water partition coefficient (Wildman–Crippen LogP) is 5.38. The van der Waals surface area contributed by atoms with E-state index in [1.165, 1.54) is 30.3 Å². The van der Waals surface area contributed by atoms with Crippen molar-refractivity contribution in [3.8, 4) is 0 Å². The van der Waals surface area contributed by atoms with Crippen molar-refractivity contribution in [2.45, 2.75) is 0 Å². The molecule has 2 rings (SSSR count). The number of halogens is 3. The maximum Gasteiger partial charge on any atom is 0.362 e. The first kappa shape index (κ1) is 17.4. The smallest absolute Gasteiger partial charge is 0.362 e. The first-order chi connectivity index (χ1) is 10.9. The topological polar surface area (TPSA) is 71.2 Å². The van der Waals surface area contributed by atoms with Crippen LogP contribution in [0.25, 0.3) is 5.76 Å². The number of azo groups is 1. The fraction of sp³-hybridized carbons (Fsp3) is 0.0714. The van der Waals surface area contributed by atoms with Gasteiger partial charge in [-0.05, 0) is 30.3 Å². The van der Waals surface area contributed by atoms with Crippen LogP contribution in [0, 0.1) is 5.82 Å². The average Bonchev–Trinajstić information content (AvgIpc) is 2.87. The minimum absolute atomic E-state index is 0.139. The molecule has 0 spiro atoms. The highest BCUT2D eigenvalue weighted by molar-refractivity contribution is 7.20. The van der Waals surface area contributed by atoms with E-state index in [0.29, 0.717) is 4.34 Å². The second kappa shape index (κ2) is 7.54. The zero-order valence-corrected chi connectivity index (χ0v) is 13.9. The number of aliphatic hydroxyl groups is 1. The minimum Gasteiger partial charge on any atom is -0.505 e. The van der Waals surface area contributed by atoms with E-state index in [1.54, 1.807) is 0 Å². The number of ether oxygens (including phenoxy) is 1. The van der Waals surface area contributed by atoms with Crippen molar-refractivity contribution >= 4 is 52.0 Å². The van der Waals surface area contributed by atoms with Crippen LogP contribution in [-0.4, -0.2) is 18.2 Å². The summed E-state index contributed by atoms with van der Waals surface area (Å²) in [5, 5.41) is 17.7. The summed E-state index contributed by atoms with van der Waals surface area (Å²) in [6.07, 6.45) is 0. The van der Waals surface area contributed by atoms with Crippen molar-refractivity contribution in [1.29, 1.82) is 0 Å². The van der Waals surface area contributed by atoms with Crippen LogP contribution in [0.4, 0.5) is 10.1 Å². The summed E-state index contributed by atoms with van der Waals surface area (Å²) in [7, 11) is 1.13. The maximum atomic E-state index is 12.8. The number of carbonyl (C=O) groups excluding carboxylic acids is 1. The second-order valence-corrected chi connectivity index (χ2v) is 6.39. The number of hydrogen-bond acceptors (Lipinski definition) is 6. The predicted molar refractivity (Wildman–Crippen MR) is 86.8 cm³/mol. The number of rotatable bonds is 4. The van der Waals surface area contributed by atoms with Gasteiger partial charge in [-0.1, -0.05) is 23.2 Å². The Kier molecular flexibility index (Phi) is 5.70. The summed E-state index contributed by atoms with van der Waals surface area (Å²) >= 11 is 12.8. The van der Waals surface area contributed by atoms with Gasteiger partial charge in [0.2, 0.25) is 5.70 Å². The molecule has 120 valence electrons. The lowest BCUT2D eigenvalue weighted by Gasteiger charge is -2.03. The highest BCUT2D eigenvalue weighted by Crippen LogP contribution is 2.36. The zero-order valence-electron chi connectivity index (χ0n) is 11.6. The lowest BCUT2D eigenvalue weighted by Crippen LogP contribution is -2.05. The Morgan fingerprint density at radius 1 is 1.30 bits per heavy atom. The monoisotopic (exact) mass is 374 g/mol. The number of carbonyl (C=O) groups is 1. The molecule has 0 bridgehead atoms. The molecular formula is C14H9Cl2FN2O3S. The minimum atomic E-state index is -0.910. The SMILES string of the molecule is COC(=O)/C(N=Nc1ccc(F)cc1)=C(/O)c1cc(Cl)sc1Cl. The molecule has 1 heterocycles. The molecule has 0 aliphatic heterocycles. The molecule has 1 aromatic carbocycles. The van der Waals surface area contributed by atoms with Gasteiger partial charge in [0.1, 0.15) is 10.2 Å². The molecule has 0 amide bonds. The van der Waals surface area contributed by atoms with Crippen LogP contribution in [0.15, 0.2) is 46.3 Å². The van der Waals surface area contributed by atoms with E-state index in [4.69, 9.17) is 23.2 Å². The van der Waals surface area contributed by atoms with Gasteiger partial charge in [-0.25, -0.2) is 9.18 Å². The van der Waals surface area contributed by atoms with Crippen LogP contribution in [0.3, 0.4) is 0 Å². The number of esters is 1. The largest absolute Gasteiger partial charge is 0.505 e. The van der Waals surface area contributed by atoms with Crippen LogP contribution in [0.1, 0.15) is 5.56 Å². The number of nitrogens with zero attached hydrogens (tertiary/aromatic N) is 2. The quantitative estimate of drug-likeness (QED) is 0.338. The van der Waals surface area contributed by atoms with Crippen LogP contribution in [0.2, 0.25) is 8.67 Å². The molecule has 2 aromatic rings. The Morgan fingerprint density at radius 2 is 1.96 bits per heavy atom. The Balaban J connectivity index is 2.44. The molecular weight excluding hydrogens is 366 g/mol. The Hall–Kier alpha value is -1.96. The molecule has 23 heavy (non-hydrogen) atoms. The van der Waals surface area contributed by atoms with E-state index in [2.05, 4.69) is 15.0 Å². The second-order valence-electron chi connectivity index (χ2n) is 4.10. The molecule has 0 aliphatic carbocycles. The van der Waals surface area contributed by atoms with Gasteiger partial charge in [-0.3, -0.25) is 0 Å². The molecule has 1 N–H and O–H groups in total. The molecule has 9 heteroatoms. The zero-order chi connectivity index (χ0) is 17.0. The van der Waals surface area contributed by atoms with Crippen molar-refractivity contribution in [1.82, 2.24) is 0 Å². The molecule has 0 saturated heterocycles. The van der Waals surface area contributed by atoms with Crippen molar-refractivity contribution < 1.29 is 19.0 Å². The first-order valence-electron chi connectivity index (χ1n) is 6.06. The van der Waals surface area contributed by atoms with E-state index >= 15 is 0 Å². The average molecular weight is 375 g/mol. The summed E-state index contributed by atoms with van der Waals surface area (Å²) in [5.41, 5.74) is -0.0247. The highest BCUT2D eigenvalue weighted by atomic mass is 35.5. The van der Waals surface area contributed by atoms with Crippen molar-refractivity contribution in [2.24, 2.45) is 10.2 Å². The van der Waals surface area contributed by atoms with Crippen LogP contribution in [-0.2, 0) is 9.53 Å². The van der Waals surface area contributed by atoms with Gasteiger partial charge in [0.05, 0.1) is 22.7 Å². The fourth-order valence-corrected chi connectivity index (χ4v) is 2.99. The van der Waals surface area contributed by atoms with Gasteiger partial charge in [-0.2, -0.15) is 5.11 Å². The molecule has 0 atom stereocenters. The summed E-state index contributed by atoms with van der Waals surface area (Å²) in [6.45, 7) is 0. The van der Waals surface area contributed by atoms with Crippen LogP contribution < -0.4 is 0 Å². The third-order valence-electron chi connectivity index (χ3n) is 2.61. The molecule has 0 saturated carbocycles. The molecule has 0 fully saturated rings. The highest BCUT2D eigenvalue weighted by Gasteiger charge is 2.21. The van der Waals surface area contributed by atoms with E-state index in [9.17, 15) is 14.3 Å². The van der Waals surface area contributed by atoms with Gasteiger partial charge < -0.3 is 9.84 Å². The molecule has 5 nitrogen and oxygen atoms in total. The van der Waals surface area contributed by atoms with Gasteiger partial charge >= 0.3 is 5.97 Å². The number of methoxy groups -OCH3 is 1. The van der Waals surface area contributed by atoms with Gasteiger partial charge in [0.15, 0.2) is 5.76 Å². The summed E-state index contributed by atoms with van der Waals surface area (Å²) in [6, 6.07) is 6.48. The lowest BCUT2D eigenvalue weighted by molar-refractivity contribution is -0.136. The number of thiophene rings is 1. The number of benzene rings is 1. The van der Waals surface area contributed by atoms with Crippen molar-refractivity contribution in [2.75, 3.05) is 7.11 Å². The van der Waals surface area contributed by atoms with E-state index < -0.39 is 23.2 Å². The maximum absolute atomic E-state index is 12.8. The Labute approximate surface area is 144 Å². The summed E-state index contributed by atoms with van der Waals surface area (Å²) in [4.78, 5) is 11.8. The first-order valence-corrected chi connectivity index (χ1v) is 7.63. The van der Waals surface area contributed by atoms with E-state index in [-0.39, 0.29) is 15.6 Å². The molecule has 0 radical (unpaired) electrons. The fourth-order valence-electron chi connectivity index (χ4n) is 1.53. The third kappa shape index (κ3) is 4.28. The molecule has 1 aromatic heterocycles. The third-order valence-corrected chi connectivity index (χ3v) is 4.09. The van der Waals surface area contributed by atoms with Crippen molar-refractivity contribution in [3.05, 3.63) is 56.1 Å². The molecule has 0 aliphatic rings. The van der Waals surface area contributed by atoms with Gasteiger partial charge in [0, 0.05) is 0 Å². The number of hydrogen-bond donors (Lipinski definition) is 1. The standard InChI is InChI=1S/C14H9Cl2FN2O3S/c1-22-14(21)11(12(20)9-6-10(15)23-13(9)16)19-18-8-4-2-7(17)3-5-8/h2-6,20H,1H3/b12-11-,19-18?. The van der Waals surface area contributed by atoms with Crippen LogP contribution in [0.5, 0.6) is 0 Å². The normalized spacial score (nSPS) is 12.3. The van der Waals surface area contributed by atoms with E-state index in [1.807, 2.05) is 0 Å². The van der Waals surface area contributed by atoms with Gasteiger partial charge in [-0.15, -0.1) is 16.5 Å². The summed E-state index contributed by atoms with van der Waals surface area (Å²) in [5.74, 6) is -1.86. The Morgan fingerprint density at radius 3 is 2.48 bits per heavy atom. The van der Waals surface area contributed by atoms with Gasteiger partial charge in [0.25, 0.3) is 0 Å². The van der Waals surface area contributed by atoms with Crippen molar-refractivity contribution in [3.63, 3.8) is 0 Å². The molecule has 0 unspecified atom stereocenters. The summed E-state index contributed by atoms with van der Waals surface area (Å²) < 4.78 is 17.9. The van der Waals surface area contributed by atoms with E-state index in [0.717, 1.165) is 18.4 Å². The Bertz CT molecular complexity index is 788. The number of aliphatic hydroxyl groups excluding tert-OH is 1.